The van der Waals surface area contributed by atoms with E-state index < -0.39 is 12.7 Å². The molecule has 0 aliphatic heterocycles. The minimum atomic E-state index is -0.725. The van der Waals surface area contributed by atoms with Gasteiger partial charge in [-0.05, 0) is 27.1 Å². The van der Waals surface area contributed by atoms with Crippen LogP contribution in [0.2, 0.25) is 0 Å². The average Bonchev–Trinajstić information content (AvgIpc) is 2.25. The Balaban J connectivity index is 4.57. The molecule has 1 atom stereocenters. The predicted molar refractivity (Wildman–Crippen MR) is 84.1 cm³/mol. The quantitative estimate of drug-likeness (QED) is 0.429. The predicted octanol–water partition coefficient (Wildman–Crippen LogP) is 3.36. The van der Waals surface area contributed by atoms with E-state index in [1.54, 1.807) is 5.96 Å². The van der Waals surface area contributed by atoms with E-state index in [2.05, 4.69) is 17.2 Å². The van der Waals surface area contributed by atoms with Crippen LogP contribution >= 0.6 is 19.4 Å². The third-order valence-electron chi connectivity index (χ3n) is 2.68. The number of aliphatic imine (C=N–C) groups is 1. The first-order chi connectivity index (χ1) is 8.02. The van der Waals surface area contributed by atoms with Gasteiger partial charge in [0.2, 0.25) is 0 Å². The summed E-state index contributed by atoms with van der Waals surface area (Å²) in [4.78, 5) is 16.4. The summed E-state index contributed by atoms with van der Waals surface area (Å²) < 4.78 is 0. The highest BCUT2D eigenvalue weighted by molar-refractivity contribution is 8.50. The standard InChI is InChI=1S/C13H26NO2PS/c1-10(2)11(16)12(3,4)8-17(18)9-14-13(5,6)7-15/h9-10,15,18H,7-8H2,1-6H3. The van der Waals surface area contributed by atoms with Crippen molar-refractivity contribution in [1.29, 1.82) is 0 Å². The molecule has 0 bridgehead atoms. The molecule has 0 aromatic carbocycles. The Morgan fingerprint density at radius 3 is 2.28 bits per heavy atom. The molecule has 18 heavy (non-hydrogen) atoms. The zero-order valence-electron chi connectivity index (χ0n) is 12.3. The number of ketones is 1. The topological polar surface area (TPSA) is 49.7 Å². The molecule has 0 saturated heterocycles. The maximum atomic E-state index is 12.0. The van der Waals surface area contributed by atoms with Crippen molar-refractivity contribution in [1.82, 2.24) is 0 Å². The Morgan fingerprint density at radius 2 is 1.89 bits per heavy atom. The van der Waals surface area contributed by atoms with Crippen LogP contribution in [0, 0.1) is 11.3 Å². The summed E-state index contributed by atoms with van der Waals surface area (Å²) in [5, 5.41) is 9.11. The minimum Gasteiger partial charge on any atom is -0.394 e. The van der Waals surface area contributed by atoms with Gasteiger partial charge in [0.15, 0.2) is 0 Å². The van der Waals surface area contributed by atoms with E-state index in [-0.39, 0.29) is 23.7 Å². The van der Waals surface area contributed by atoms with Crippen molar-refractivity contribution in [2.45, 2.75) is 47.1 Å². The van der Waals surface area contributed by atoms with Gasteiger partial charge in [0.1, 0.15) is 5.78 Å². The van der Waals surface area contributed by atoms with Crippen LogP contribution < -0.4 is 0 Å². The molecule has 0 amide bonds. The number of nitrogens with zero attached hydrogens (tertiary/aromatic N) is 1. The highest BCUT2D eigenvalue weighted by Gasteiger charge is 2.31. The van der Waals surface area contributed by atoms with Crippen LogP contribution in [0.15, 0.2) is 4.99 Å². The van der Waals surface area contributed by atoms with Crippen LogP contribution in [0.4, 0.5) is 0 Å². The summed E-state index contributed by atoms with van der Waals surface area (Å²) in [6.07, 6.45) is 0.716. The van der Waals surface area contributed by atoms with Crippen molar-refractivity contribution in [3.05, 3.63) is 0 Å². The molecule has 3 nitrogen and oxygen atoms in total. The van der Waals surface area contributed by atoms with Gasteiger partial charge in [-0.25, -0.2) is 0 Å². The number of rotatable bonds is 7. The van der Waals surface area contributed by atoms with Crippen molar-refractivity contribution in [3.8, 4) is 0 Å². The molecule has 0 rings (SSSR count). The first kappa shape index (κ1) is 18.1. The molecule has 0 heterocycles. The van der Waals surface area contributed by atoms with E-state index >= 15 is 0 Å². The molecule has 0 spiro atoms. The van der Waals surface area contributed by atoms with Crippen LogP contribution in [0.1, 0.15) is 41.5 Å². The smallest absolute Gasteiger partial charge is 0.141 e. The number of hydrogen-bond donors (Lipinski definition) is 2. The lowest BCUT2D eigenvalue weighted by Crippen LogP contribution is -2.31. The first-order valence-corrected chi connectivity index (χ1v) is 8.93. The van der Waals surface area contributed by atoms with E-state index in [1.165, 1.54) is 0 Å². The third kappa shape index (κ3) is 6.31. The molecule has 0 aromatic rings. The summed E-state index contributed by atoms with van der Waals surface area (Å²) in [6.45, 7) is 11.5. The van der Waals surface area contributed by atoms with Crippen molar-refractivity contribution in [3.63, 3.8) is 0 Å². The minimum absolute atomic E-state index is 0.00870. The number of thiol groups is 1. The number of Topliss-reactive ketones (excluding diaryl/α,β-unsaturated/α-hetero) is 1. The summed E-state index contributed by atoms with van der Waals surface area (Å²) in [5.74, 6) is 2.10. The van der Waals surface area contributed by atoms with Gasteiger partial charge < -0.3 is 5.11 Å². The summed E-state index contributed by atoms with van der Waals surface area (Å²) in [6, 6.07) is 0. The van der Waals surface area contributed by atoms with Gasteiger partial charge in [0.05, 0.1) is 12.1 Å². The van der Waals surface area contributed by atoms with E-state index in [0.29, 0.717) is 6.16 Å². The van der Waals surface area contributed by atoms with Crippen LogP contribution in [0.25, 0.3) is 0 Å². The van der Waals surface area contributed by atoms with Crippen LogP contribution in [0.3, 0.4) is 0 Å². The zero-order valence-corrected chi connectivity index (χ0v) is 14.1. The Morgan fingerprint density at radius 1 is 1.39 bits per heavy atom. The lowest BCUT2D eigenvalue weighted by atomic mass is 9.84. The maximum absolute atomic E-state index is 12.0. The molecule has 5 heteroatoms. The molecule has 0 aromatic heterocycles. The molecule has 0 aliphatic carbocycles. The molecule has 1 N–H and O–H groups in total. The number of aliphatic hydroxyl groups excluding tert-OH is 1. The van der Waals surface area contributed by atoms with Crippen LogP contribution in [-0.2, 0) is 4.79 Å². The van der Waals surface area contributed by atoms with E-state index in [9.17, 15) is 4.79 Å². The van der Waals surface area contributed by atoms with E-state index in [4.69, 9.17) is 5.11 Å². The van der Waals surface area contributed by atoms with Gasteiger partial charge in [-0.3, -0.25) is 9.79 Å². The van der Waals surface area contributed by atoms with Crippen LogP contribution in [0.5, 0.6) is 0 Å². The monoisotopic (exact) mass is 291 g/mol. The first-order valence-electron chi connectivity index (χ1n) is 6.18. The van der Waals surface area contributed by atoms with Gasteiger partial charge >= 0.3 is 0 Å². The van der Waals surface area contributed by atoms with Crippen molar-refractivity contribution in [2.75, 3.05) is 12.8 Å². The molecule has 0 fully saturated rings. The Hall–Kier alpha value is 0.0800. The molecule has 106 valence electrons. The highest BCUT2D eigenvalue weighted by Crippen LogP contribution is 2.44. The van der Waals surface area contributed by atoms with Gasteiger partial charge in [0, 0.05) is 17.3 Å². The van der Waals surface area contributed by atoms with Crippen LogP contribution in [-0.4, -0.2) is 35.2 Å². The Labute approximate surface area is 117 Å². The fraction of sp³-hybridized carbons (Fsp3) is 0.846. The number of aliphatic hydroxyl groups is 1. The molecule has 0 saturated carbocycles. The van der Waals surface area contributed by atoms with Gasteiger partial charge in [0.25, 0.3) is 0 Å². The second-order valence-corrected chi connectivity index (χ2v) is 9.18. The lowest BCUT2D eigenvalue weighted by molar-refractivity contribution is -0.129. The zero-order chi connectivity index (χ0) is 14.6. The largest absolute Gasteiger partial charge is 0.394 e. The molecule has 0 radical (unpaired) electrons. The molecular formula is C13H26NO2PS. The summed E-state index contributed by atoms with van der Waals surface area (Å²) in [7, 11) is -0.725. The Kier molecular flexibility index (Phi) is 7.05. The molecule has 1 unspecified atom stereocenters. The third-order valence-corrected chi connectivity index (χ3v) is 4.91. The number of hydrogen-bond acceptors (Lipinski definition) is 4. The lowest BCUT2D eigenvalue weighted by Gasteiger charge is -2.27. The van der Waals surface area contributed by atoms with Gasteiger partial charge in [-0.2, -0.15) is 0 Å². The average molecular weight is 291 g/mol. The highest BCUT2D eigenvalue weighted by atomic mass is 32.7. The van der Waals surface area contributed by atoms with Gasteiger partial charge in [-0.15, -0.1) is 12.2 Å². The summed E-state index contributed by atoms with van der Waals surface area (Å²) >= 11 is 4.52. The normalized spacial score (nSPS) is 15.4. The fourth-order valence-corrected chi connectivity index (χ4v) is 4.28. The maximum Gasteiger partial charge on any atom is 0.141 e. The number of carbonyl (C=O) groups excluding carboxylic acids is 1. The Bertz CT molecular complexity index is 314. The molecule has 0 aliphatic rings. The van der Waals surface area contributed by atoms with E-state index in [0.717, 1.165) is 0 Å². The second-order valence-electron chi connectivity index (χ2n) is 6.22. The molecular weight excluding hydrogens is 265 g/mol. The second kappa shape index (κ2) is 7.02. The van der Waals surface area contributed by atoms with Crippen molar-refractivity contribution >= 4 is 31.1 Å². The SMILES string of the molecule is CC(C)C(=O)C(C)(C)CP(S)C=NC(C)(C)CO. The van der Waals surface area contributed by atoms with E-state index in [1.807, 2.05) is 41.5 Å². The summed E-state index contributed by atoms with van der Waals surface area (Å²) in [5.41, 5.74) is -0.827. The van der Waals surface area contributed by atoms with Gasteiger partial charge in [-0.1, -0.05) is 27.7 Å². The van der Waals surface area contributed by atoms with Crippen molar-refractivity contribution in [2.24, 2.45) is 16.3 Å². The fourth-order valence-electron chi connectivity index (χ4n) is 1.57. The number of carbonyl (C=O) groups is 1. The van der Waals surface area contributed by atoms with Crippen molar-refractivity contribution < 1.29 is 9.90 Å².